The molecular formula is C13H14F3NO2. The van der Waals surface area contributed by atoms with E-state index in [0.29, 0.717) is 0 Å². The molecule has 0 fully saturated rings. The van der Waals surface area contributed by atoms with Gasteiger partial charge in [0.15, 0.2) is 0 Å². The molecule has 0 saturated heterocycles. The molecule has 1 aromatic carbocycles. The molecule has 6 heteroatoms. The number of rotatable bonds is 3. The van der Waals surface area contributed by atoms with Gasteiger partial charge in [-0.05, 0) is 32.0 Å². The first kappa shape index (κ1) is 15.1. The van der Waals surface area contributed by atoms with E-state index in [9.17, 15) is 18.0 Å². The largest absolute Gasteiger partial charge is 0.496 e. The van der Waals surface area contributed by atoms with Crippen molar-refractivity contribution >= 4 is 11.6 Å². The molecule has 0 aliphatic carbocycles. The van der Waals surface area contributed by atoms with Gasteiger partial charge >= 0.3 is 6.18 Å². The van der Waals surface area contributed by atoms with E-state index in [4.69, 9.17) is 0 Å². The van der Waals surface area contributed by atoms with Crippen LogP contribution in [0.15, 0.2) is 29.8 Å². The minimum absolute atomic E-state index is 0.0654. The molecule has 0 bridgehead atoms. The van der Waals surface area contributed by atoms with Crippen molar-refractivity contribution in [2.24, 2.45) is 0 Å². The van der Waals surface area contributed by atoms with Crippen molar-refractivity contribution in [1.82, 2.24) is 0 Å². The highest BCUT2D eigenvalue weighted by molar-refractivity contribution is 5.99. The van der Waals surface area contributed by atoms with E-state index in [-0.39, 0.29) is 11.4 Å². The van der Waals surface area contributed by atoms with E-state index in [1.54, 1.807) is 13.8 Å². The van der Waals surface area contributed by atoms with Gasteiger partial charge in [0, 0.05) is 11.8 Å². The fourth-order valence-corrected chi connectivity index (χ4v) is 1.45. The fourth-order valence-electron chi connectivity index (χ4n) is 1.45. The summed E-state index contributed by atoms with van der Waals surface area (Å²) < 4.78 is 42.9. The number of nitrogens with one attached hydrogen (secondary N) is 1. The van der Waals surface area contributed by atoms with Crippen molar-refractivity contribution in [3.05, 3.63) is 35.4 Å². The first-order valence-corrected chi connectivity index (χ1v) is 5.45. The zero-order chi connectivity index (χ0) is 14.6. The minimum atomic E-state index is -4.54. The summed E-state index contributed by atoms with van der Waals surface area (Å²) in [6, 6.07) is 3.36. The number of alkyl halides is 3. The molecule has 0 aromatic heterocycles. The maximum Gasteiger partial charge on any atom is 0.420 e. The predicted octanol–water partition coefficient (Wildman–Crippen LogP) is 3.62. The molecular weight excluding hydrogens is 259 g/mol. The summed E-state index contributed by atoms with van der Waals surface area (Å²) in [4.78, 5) is 11.4. The lowest BCUT2D eigenvalue weighted by molar-refractivity contribution is -0.138. The van der Waals surface area contributed by atoms with Crippen LogP contribution in [0.4, 0.5) is 18.9 Å². The summed E-state index contributed by atoms with van der Waals surface area (Å²) in [7, 11) is 1.16. The monoisotopic (exact) mass is 273 g/mol. The Morgan fingerprint density at radius 2 is 1.95 bits per heavy atom. The Balaban J connectivity index is 3.06. The Morgan fingerprint density at radius 3 is 2.42 bits per heavy atom. The molecule has 104 valence electrons. The Morgan fingerprint density at radius 1 is 1.32 bits per heavy atom. The molecule has 3 nitrogen and oxygen atoms in total. The number of methoxy groups -OCH3 is 1. The summed E-state index contributed by atoms with van der Waals surface area (Å²) in [6.07, 6.45) is -3.24. The molecule has 0 saturated carbocycles. The molecule has 0 radical (unpaired) electrons. The smallest absolute Gasteiger partial charge is 0.420 e. The highest BCUT2D eigenvalue weighted by atomic mass is 19.4. The number of hydrogen-bond donors (Lipinski definition) is 1. The lowest BCUT2D eigenvalue weighted by Gasteiger charge is -2.13. The number of benzene rings is 1. The van der Waals surface area contributed by atoms with E-state index in [0.717, 1.165) is 18.7 Å². The van der Waals surface area contributed by atoms with Crippen molar-refractivity contribution in [3.8, 4) is 5.75 Å². The molecule has 1 amide bonds. The van der Waals surface area contributed by atoms with Crippen LogP contribution < -0.4 is 10.1 Å². The molecule has 0 spiro atoms. The van der Waals surface area contributed by atoms with E-state index in [1.807, 2.05) is 0 Å². The SMILES string of the molecule is COc1ccc(NC(=O)C=C(C)C)cc1C(F)(F)F. The van der Waals surface area contributed by atoms with Crippen molar-refractivity contribution in [3.63, 3.8) is 0 Å². The lowest BCUT2D eigenvalue weighted by Crippen LogP contribution is -2.12. The molecule has 0 aliphatic rings. The van der Waals surface area contributed by atoms with Crippen LogP contribution in [-0.2, 0) is 11.0 Å². The zero-order valence-corrected chi connectivity index (χ0v) is 10.8. The van der Waals surface area contributed by atoms with Gasteiger partial charge in [0.2, 0.25) is 5.91 Å². The van der Waals surface area contributed by atoms with Crippen molar-refractivity contribution in [1.29, 1.82) is 0 Å². The Hall–Kier alpha value is -1.98. The highest BCUT2D eigenvalue weighted by Crippen LogP contribution is 2.37. The van der Waals surface area contributed by atoms with Gasteiger partial charge in [-0.15, -0.1) is 0 Å². The second-order valence-electron chi connectivity index (χ2n) is 4.12. The van der Waals surface area contributed by atoms with Crippen LogP contribution in [0, 0.1) is 0 Å². The van der Waals surface area contributed by atoms with Crippen molar-refractivity contribution < 1.29 is 22.7 Å². The Kier molecular flexibility index (Phi) is 4.58. The van der Waals surface area contributed by atoms with E-state index >= 15 is 0 Å². The first-order chi connectivity index (χ1) is 8.74. The van der Waals surface area contributed by atoms with Crippen LogP contribution in [0.2, 0.25) is 0 Å². The van der Waals surface area contributed by atoms with E-state index < -0.39 is 17.6 Å². The van der Waals surface area contributed by atoms with Crippen LogP contribution >= 0.6 is 0 Å². The number of carbonyl (C=O) groups excluding carboxylic acids is 1. The summed E-state index contributed by atoms with van der Waals surface area (Å²) in [6.45, 7) is 3.43. The van der Waals surface area contributed by atoms with Gasteiger partial charge in [-0.25, -0.2) is 0 Å². The average molecular weight is 273 g/mol. The number of carbonyl (C=O) groups is 1. The summed E-state index contributed by atoms with van der Waals surface area (Å²) in [5.41, 5.74) is -0.109. The van der Waals surface area contributed by atoms with Gasteiger partial charge in [0.05, 0.1) is 12.7 Å². The van der Waals surface area contributed by atoms with Crippen molar-refractivity contribution in [2.45, 2.75) is 20.0 Å². The fraction of sp³-hybridized carbons (Fsp3) is 0.308. The van der Waals surface area contributed by atoms with Crippen LogP contribution in [0.3, 0.4) is 0 Å². The standard InChI is InChI=1S/C13H14F3NO2/c1-8(2)6-12(18)17-9-4-5-11(19-3)10(7-9)13(14,15)16/h4-7H,1-3H3,(H,17,18). The van der Waals surface area contributed by atoms with Gasteiger partial charge in [0.25, 0.3) is 0 Å². The molecule has 0 aliphatic heterocycles. The summed E-state index contributed by atoms with van der Waals surface area (Å²) >= 11 is 0. The van der Waals surface area contributed by atoms with Gasteiger partial charge in [0.1, 0.15) is 5.75 Å². The van der Waals surface area contributed by atoms with Gasteiger partial charge < -0.3 is 10.1 Å². The first-order valence-electron chi connectivity index (χ1n) is 5.45. The Labute approximate surface area is 109 Å². The number of halogens is 3. The Bertz CT molecular complexity index is 503. The third-order valence-corrected chi connectivity index (χ3v) is 2.19. The third kappa shape index (κ3) is 4.31. The number of amides is 1. The normalized spacial score (nSPS) is 10.8. The van der Waals surface area contributed by atoms with Gasteiger partial charge in [-0.1, -0.05) is 5.57 Å². The van der Waals surface area contributed by atoms with E-state index in [2.05, 4.69) is 10.1 Å². The minimum Gasteiger partial charge on any atom is -0.496 e. The second-order valence-corrected chi connectivity index (χ2v) is 4.12. The van der Waals surface area contributed by atoms with Crippen LogP contribution in [0.25, 0.3) is 0 Å². The predicted molar refractivity (Wildman–Crippen MR) is 66.1 cm³/mol. The van der Waals surface area contributed by atoms with Crippen molar-refractivity contribution in [2.75, 3.05) is 12.4 Å². The molecule has 1 N–H and O–H groups in total. The zero-order valence-electron chi connectivity index (χ0n) is 10.8. The average Bonchev–Trinajstić information content (AvgIpc) is 2.26. The van der Waals surface area contributed by atoms with Crippen LogP contribution in [0.5, 0.6) is 5.75 Å². The van der Waals surface area contributed by atoms with Gasteiger partial charge in [-0.2, -0.15) is 13.2 Å². The second kappa shape index (κ2) is 5.77. The maximum atomic E-state index is 12.8. The highest BCUT2D eigenvalue weighted by Gasteiger charge is 2.34. The van der Waals surface area contributed by atoms with Crippen LogP contribution in [0.1, 0.15) is 19.4 Å². The van der Waals surface area contributed by atoms with E-state index in [1.165, 1.54) is 18.2 Å². The molecule has 0 heterocycles. The molecule has 19 heavy (non-hydrogen) atoms. The lowest BCUT2D eigenvalue weighted by atomic mass is 10.1. The third-order valence-electron chi connectivity index (χ3n) is 2.19. The number of ether oxygens (including phenoxy) is 1. The summed E-state index contributed by atoms with van der Waals surface area (Å²) in [5, 5.41) is 2.37. The summed E-state index contributed by atoms with van der Waals surface area (Å²) in [5.74, 6) is -0.758. The molecule has 0 unspecified atom stereocenters. The topological polar surface area (TPSA) is 38.3 Å². The molecule has 1 rings (SSSR count). The van der Waals surface area contributed by atoms with Crippen LogP contribution in [-0.4, -0.2) is 13.0 Å². The molecule has 1 aromatic rings. The maximum absolute atomic E-state index is 12.8. The number of hydrogen-bond acceptors (Lipinski definition) is 2. The quantitative estimate of drug-likeness (QED) is 0.854. The number of anilines is 1. The number of allylic oxidation sites excluding steroid dienone is 1. The molecule has 0 atom stereocenters. The van der Waals surface area contributed by atoms with Gasteiger partial charge in [-0.3, -0.25) is 4.79 Å².